The van der Waals surface area contributed by atoms with E-state index >= 15 is 0 Å². The van der Waals surface area contributed by atoms with Crippen LogP contribution in [0, 0.1) is 0 Å². The first-order chi connectivity index (χ1) is 35.8. The van der Waals surface area contributed by atoms with Crippen LogP contribution in [-0.2, 0) is 0 Å². The minimum absolute atomic E-state index is 0.174. The van der Waals surface area contributed by atoms with E-state index < -0.39 is 0 Å². The second-order valence-electron chi connectivity index (χ2n) is 23.6. The van der Waals surface area contributed by atoms with Crippen molar-refractivity contribution in [2.45, 2.75) is 18.6 Å². The molecule has 1 unspecified atom stereocenters. The van der Waals surface area contributed by atoms with E-state index in [1.165, 1.54) is 102 Å². The minimum Gasteiger partial charge on any atom is -0.384 e. The fourth-order valence-electron chi connectivity index (χ4n) is 19.2. The fourth-order valence-corrected chi connectivity index (χ4v) is 19.2. The molecule has 5 nitrogen and oxygen atoms in total. The van der Waals surface area contributed by atoms with Gasteiger partial charge in [0.1, 0.15) is 0 Å². The van der Waals surface area contributed by atoms with Gasteiger partial charge in [0.15, 0.2) is 0 Å². The third-order valence-electron chi connectivity index (χ3n) is 21.1. The lowest BCUT2D eigenvalue weighted by Gasteiger charge is -2.57. The normalized spacial score (nSPS) is 19.2. The van der Waals surface area contributed by atoms with E-state index in [2.05, 4.69) is 170 Å². The molecule has 11 heteroatoms. The Morgan fingerprint density at radius 1 is 0.319 bits per heavy atom. The van der Waals surface area contributed by atoms with Crippen LogP contribution in [0.2, 0.25) is 12.6 Å². The second-order valence-corrected chi connectivity index (χ2v) is 23.6. The zero-order valence-electron chi connectivity index (χ0n) is 39.4. The molecule has 10 aromatic rings. The second kappa shape index (κ2) is 11.2. The molecule has 12 aliphatic heterocycles. The number of rotatable bonds is 0. The predicted octanol–water partition coefficient (Wildman–Crippen LogP) is 4.02. The quantitative estimate of drug-likeness (QED) is 0.169. The third kappa shape index (κ3) is 3.41. The molecule has 12 aliphatic rings. The van der Waals surface area contributed by atoms with Crippen molar-refractivity contribution < 1.29 is 0 Å². The largest absolute Gasteiger partial charge is 0.384 e. The summed E-state index contributed by atoms with van der Waals surface area (Å²) in [7, 11) is 0. The smallest absolute Gasteiger partial charge is 0.252 e. The zero-order chi connectivity index (χ0) is 45.5. The first-order valence-electron chi connectivity index (χ1n) is 27.0. The maximum Gasteiger partial charge on any atom is 0.252 e. The van der Waals surface area contributed by atoms with Crippen LogP contribution >= 0.6 is 0 Å². The summed E-state index contributed by atoms with van der Waals surface area (Å²) < 4.78 is 0. The van der Waals surface area contributed by atoms with Crippen molar-refractivity contribution in [1.29, 1.82) is 0 Å². The van der Waals surface area contributed by atoms with Crippen LogP contribution in [0.5, 0.6) is 0 Å². The Bertz CT molecular complexity index is 3940. The highest BCUT2D eigenvalue weighted by Crippen LogP contribution is 2.58. The average molecular weight is 905 g/mol. The van der Waals surface area contributed by atoms with Gasteiger partial charge in [0.2, 0.25) is 26.9 Å². The molecule has 0 amide bonds. The van der Waals surface area contributed by atoms with Crippen molar-refractivity contribution >= 4 is 201 Å². The maximum atomic E-state index is 2.97. The van der Waals surface area contributed by atoms with Gasteiger partial charge in [-0.3, -0.25) is 0 Å². The highest BCUT2D eigenvalue weighted by atomic mass is 15.2. The molecule has 0 saturated carbocycles. The highest BCUT2D eigenvalue weighted by Gasteiger charge is 2.59. The Labute approximate surface area is 418 Å². The lowest BCUT2D eigenvalue weighted by molar-refractivity contribution is 0.847. The molecule has 72 heavy (non-hydrogen) atoms. The van der Waals surface area contributed by atoms with Crippen molar-refractivity contribution in [2.24, 2.45) is 0 Å². The van der Waals surface area contributed by atoms with Gasteiger partial charge < -0.3 is 24.5 Å². The zero-order valence-corrected chi connectivity index (χ0v) is 39.4. The van der Waals surface area contributed by atoms with Crippen LogP contribution in [0.4, 0.5) is 62.6 Å². The number of fused-ring (bicyclic) bond motifs is 18. The van der Waals surface area contributed by atoms with Crippen LogP contribution in [0.3, 0.4) is 0 Å². The summed E-state index contributed by atoms with van der Waals surface area (Å²) >= 11 is 0. The predicted molar refractivity (Wildman–Crippen MR) is 310 cm³/mol. The molecule has 10 aromatic carbocycles. The van der Waals surface area contributed by atoms with Gasteiger partial charge in [0.25, 0.3) is 13.4 Å². The number of anilines is 11. The number of hydrogen-bond acceptors (Lipinski definition) is 5. The van der Waals surface area contributed by atoms with Gasteiger partial charge in [-0.1, -0.05) is 138 Å². The lowest BCUT2D eigenvalue weighted by Crippen LogP contribution is -2.72. The van der Waals surface area contributed by atoms with E-state index in [1.807, 2.05) is 0 Å². The molecule has 0 bridgehead atoms. The summed E-state index contributed by atoms with van der Waals surface area (Å²) in [5.74, 6) is 0.464. The first-order valence-corrected chi connectivity index (χ1v) is 27.0. The van der Waals surface area contributed by atoms with Gasteiger partial charge in [-0.05, 0) is 108 Å². The van der Waals surface area contributed by atoms with E-state index in [0.29, 0.717) is 26.1 Å². The average Bonchev–Trinajstić information content (AvgIpc) is 3.46. The van der Waals surface area contributed by atoms with E-state index in [0.717, 1.165) is 25.8 Å². The van der Waals surface area contributed by atoms with Gasteiger partial charge in [-0.2, -0.15) is 0 Å². The minimum atomic E-state index is 0.174. The molecule has 0 fully saturated rings. The summed E-state index contributed by atoms with van der Waals surface area (Å²) in [4.78, 5) is 14.2. The molecule has 0 N–H and O–H groups in total. The number of benzene rings is 10. The van der Waals surface area contributed by atoms with Crippen molar-refractivity contribution in [2.75, 3.05) is 50.3 Å². The molecule has 22 rings (SSSR count). The fraction of sp³-hybridized carbons (Fsp3) is 0.115. The van der Waals surface area contributed by atoms with Crippen molar-refractivity contribution in [1.82, 2.24) is 0 Å². The first kappa shape index (κ1) is 35.5. The molecule has 0 spiro atoms. The standard InChI is InChI=1S/C61H37B6N5/c1-9-21-40-32(13-1)64-26-31-25-62-28-69-38-19-7-3-15-34(38)67-37-18-6-12-24-43(37)72-41-22-10-2-14-33(41)65-30-68-27-63-29-70-39-20-8-4-16-35(39)66-36-17-5-11-23-42(36)71(40)60-53(64)46-44(31)45-47(52(63)48(46)58(70)55(60)66)57(68)50-49(51(45)62)59(69)56(67)61(72)54(50)65/h1-24,31H,25-30H2. The molecule has 324 valence electrons. The van der Waals surface area contributed by atoms with Gasteiger partial charge in [0, 0.05) is 104 Å². The monoisotopic (exact) mass is 905 g/mol. The van der Waals surface area contributed by atoms with Crippen LogP contribution in [0.15, 0.2) is 146 Å². The Kier molecular flexibility index (Phi) is 5.52. The molecule has 0 aromatic heterocycles. The van der Waals surface area contributed by atoms with E-state index in [9.17, 15) is 0 Å². The van der Waals surface area contributed by atoms with Gasteiger partial charge >= 0.3 is 0 Å². The lowest BCUT2D eigenvalue weighted by atomic mass is 9.24. The summed E-state index contributed by atoms with van der Waals surface area (Å²) in [5, 5.41) is 9.81. The van der Waals surface area contributed by atoms with E-state index in [-0.39, 0.29) is 20.1 Å². The van der Waals surface area contributed by atoms with Crippen molar-refractivity contribution in [3.05, 3.63) is 151 Å². The Morgan fingerprint density at radius 2 is 0.736 bits per heavy atom. The SMILES string of the molecule is c1ccc2c(c1)B1c3ccccc3N3c4ccccc4B4CC5CB6CN7c8ccccc8B8c9ccccc9N9c%10ccccc%10B%10CN%11CB%12CN2c2c1c3c4c1c5c3c6c4c7c8c9c%10c4c%11c3c%12c21. The Balaban J connectivity index is 0.998. The van der Waals surface area contributed by atoms with Gasteiger partial charge in [-0.15, -0.1) is 0 Å². The molecular formula is C61H37B6N5. The molecule has 1 atom stereocenters. The molecule has 0 radical (unpaired) electrons. The maximum absolute atomic E-state index is 2.97. The van der Waals surface area contributed by atoms with Crippen LogP contribution < -0.4 is 90.1 Å². The topological polar surface area (TPSA) is 16.2 Å². The summed E-state index contributed by atoms with van der Waals surface area (Å²) in [6.45, 7) is 1.77. The van der Waals surface area contributed by atoms with Gasteiger partial charge in [0.05, 0.1) is 5.69 Å². The summed E-state index contributed by atoms with van der Waals surface area (Å²) in [5.41, 5.74) is 36.3. The molecule has 12 heterocycles. The van der Waals surface area contributed by atoms with Crippen LogP contribution in [0.1, 0.15) is 11.5 Å². The number of hydrogen-bond donors (Lipinski definition) is 0. The van der Waals surface area contributed by atoms with Crippen LogP contribution in [0.25, 0.3) is 32.3 Å². The summed E-state index contributed by atoms with van der Waals surface area (Å²) in [6, 6.07) is 57.3. The van der Waals surface area contributed by atoms with E-state index in [1.54, 1.807) is 76.3 Å². The van der Waals surface area contributed by atoms with E-state index in [4.69, 9.17) is 0 Å². The number of para-hydroxylation sites is 6. The summed E-state index contributed by atoms with van der Waals surface area (Å²) in [6.07, 6.45) is 6.46. The highest BCUT2D eigenvalue weighted by molar-refractivity contribution is 7.05. The van der Waals surface area contributed by atoms with Crippen molar-refractivity contribution in [3.8, 4) is 0 Å². The molecule has 0 aliphatic carbocycles. The molecular weight excluding hydrogens is 868 g/mol. The molecule has 0 saturated heterocycles. The Morgan fingerprint density at radius 3 is 1.33 bits per heavy atom. The number of nitrogens with zero attached hydrogens (tertiary/aromatic N) is 5. The van der Waals surface area contributed by atoms with Crippen molar-refractivity contribution in [3.63, 3.8) is 0 Å². The Hall–Kier alpha value is -7.63. The van der Waals surface area contributed by atoms with Gasteiger partial charge in [-0.25, -0.2) is 0 Å². The van der Waals surface area contributed by atoms with Crippen LogP contribution in [-0.4, -0.2) is 66.1 Å². The third-order valence-corrected chi connectivity index (χ3v) is 21.1.